The van der Waals surface area contributed by atoms with E-state index in [1.54, 1.807) is 11.8 Å². The zero-order valence-corrected chi connectivity index (χ0v) is 15.6. The van der Waals surface area contributed by atoms with E-state index in [-0.39, 0.29) is 11.0 Å². The maximum Gasteiger partial charge on any atom is 0.164 e. The highest BCUT2D eigenvalue weighted by Gasteiger charge is 2.18. The summed E-state index contributed by atoms with van der Waals surface area (Å²) < 4.78 is 0. The fourth-order valence-electron chi connectivity index (χ4n) is 2.60. The Balaban J connectivity index is 1.82. The fourth-order valence-corrected chi connectivity index (χ4v) is 3.87. The molecule has 0 aromatic heterocycles. The molecular weight excluding hydrogens is 348 g/mol. The molecule has 0 amide bonds. The van der Waals surface area contributed by atoms with Crippen LogP contribution in [0.15, 0.2) is 83.8 Å². The molecule has 0 heterocycles. The molecule has 0 saturated heterocycles. The quantitative estimate of drug-likeness (QED) is 0.354. The number of carbonyl (C=O) groups is 1. The van der Waals surface area contributed by atoms with Gasteiger partial charge in [-0.2, -0.15) is 0 Å². The van der Waals surface area contributed by atoms with Crippen molar-refractivity contribution in [3.05, 3.63) is 101 Å². The van der Waals surface area contributed by atoms with Crippen LogP contribution in [-0.4, -0.2) is 5.78 Å². The molecule has 126 valence electrons. The van der Waals surface area contributed by atoms with E-state index in [2.05, 4.69) is 12.1 Å². The third-order valence-electron chi connectivity index (χ3n) is 4.01. The first kappa shape index (κ1) is 17.8. The Morgan fingerprint density at radius 3 is 2.20 bits per heavy atom. The minimum atomic E-state index is 0.0659. The average Bonchev–Trinajstić information content (AvgIpc) is 2.64. The van der Waals surface area contributed by atoms with Gasteiger partial charge in [-0.25, -0.2) is 0 Å². The first-order chi connectivity index (χ1) is 12.1. The van der Waals surface area contributed by atoms with Gasteiger partial charge in [-0.15, -0.1) is 11.8 Å². The summed E-state index contributed by atoms with van der Waals surface area (Å²) in [7, 11) is 0. The normalized spacial score (nSPS) is 11.9. The molecule has 0 bridgehead atoms. The lowest BCUT2D eigenvalue weighted by Gasteiger charge is -2.17. The largest absolute Gasteiger partial charge is 0.294 e. The predicted octanol–water partition coefficient (Wildman–Crippen LogP) is 6.75. The van der Waals surface area contributed by atoms with Crippen molar-refractivity contribution in [2.24, 2.45) is 0 Å². The van der Waals surface area contributed by atoms with Crippen molar-refractivity contribution in [1.29, 1.82) is 0 Å². The van der Waals surface area contributed by atoms with Crippen LogP contribution < -0.4 is 0 Å². The topological polar surface area (TPSA) is 17.1 Å². The highest BCUT2D eigenvalue weighted by molar-refractivity contribution is 7.99. The van der Waals surface area contributed by atoms with Crippen molar-refractivity contribution in [1.82, 2.24) is 0 Å². The Hall–Kier alpha value is -2.03. The van der Waals surface area contributed by atoms with Crippen LogP contribution in [0.4, 0.5) is 0 Å². The third-order valence-corrected chi connectivity index (χ3v) is 5.53. The minimum Gasteiger partial charge on any atom is -0.294 e. The van der Waals surface area contributed by atoms with Gasteiger partial charge in [0.1, 0.15) is 0 Å². The maximum atomic E-state index is 12.7. The Labute approximate surface area is 158 Å². The van der Waals surface area contributed by atoms with Crippen LogP contribution in [0, 0.1) is 6.92 Å². The Morgan fingerprint density at radius 1 is 0.920 bits per heavy atom. The molecule has 0 saturated carbocycles. The number of ketones is 1. The van der Waals surface area contributed by atoms with Crippen LogP contribution in [0.3, 0.4) is 0 Å². The second-order valence-electron chi connectivity index (χ2n) is 5.96. The van der Waals surface area contributed by atoms with E-state index >= 15 is 0 Å². The molecule has 1 nitrogen and oxygen atoms in total. The van der Waals surface area contributed by atoms with Gasteiger partial charge < -0.3 is 0 Å². The average molecular weight is 367 g/mol. The number of thioether (sulfide) groups is 1. The van der Waals surface area contributed by atoms with Gasteiger partial charge in [0.05, 0.1) is 0 Å². The molecular formula is C22H19ClOS. The highest BCUT2D eigenvalue weighted by Crippen LogP contribution is 2.38. The van der Waals surface area contributed by atoms with Crippen LogP contribution >= 0.6 is 23.4 Å². The Bertz CT molecular complexity index is 826. The summed E-state index contributed by atoms with van der Waals surface area (Å²) >= 11 is 7.68. The Kier molecular flexibility index (Phi) is 5.95. The number of Topliss-reactive ketones (excluding diaryl/α,β-unsaturated/α-hetero) is 1. The minimum absolute atomic E-state index is 0.0659. The molecule has 0 aliphatic carbocycles. The van der Waals surface area contributed by atoms with Gasteiger partial charge in [-0.05, 0) is 36.8 Å². The SMILES string of the molecule is Cc1ccc(C(=O)CC(Sc2ccc(Cl)cc2)c2ccccc2)cc1. The molecule has 0 radical (unpaired) electrons. The zero-order chi connectivity index (χ0) is 17.6. The Morgan fingerprint density at radius 2 is 1.56 bits per heavy atom. The number of hydrogen-bond donors (Lipinski definition) is 0. The standard InChI is InChI=1S/C22H19ClOS/c1-16-7-9-17(10-8-16)21(24)15-22(18-5-3-2-4-6-18)25-20-13-11-19(23)12-14-20/h2-14,22H,15H2,1H3. The van der Waals surface area contributed by atoms with Gasteiger partial charge in [0.2, 0.25) is 0 Å². The van der Waals surface area contributed by atoms with Crippen LogP contribution in [0.2, 0.25) is 5.02 Å². The number of benzene rings is 3. The van der Waals surface area contributed by atoms with Gasteiger partial charge in [0.15, 0.2) is 5.78 Å². The van der Waals surface area contributed by atoms with E-state index in [0.717, 1.165) is 26.6 Å². The molecule has 3 heteroatoms. The lowest BCUT2D eigenvalue weighted by Crippen LogP contribution is -2.05. The molecule has 1 unspecified atom stereocenters. The summed E-state index contributed by atoms with van der Waals surface area (Å²) in [5.74, 6) is 0.162. The third kappa shape index (κ3) is 4.97. The van der Waals surface area contributed by atoms with E-state index in [4.69, 9.17) is 11.6 Å². The predicted molar refractivity (Wildman–Crippen MR) is 107 cm³/mol. The van der Waals surface area contributed by atoms with Crippen molar-refractivity contribution in [2.75, 3.05) is 0 Å². The summed E-state index contributed by atoms with van der Waals surface area (Å²) in [6.07, 6.45) is 0.459. The summed E-state index contributed by atoms with van der Waals surface area (Å²) in [6, 6.07) is 25.7. The van der Waals surface area contributed by atoms with Gasteiger partial charge >= 0.3 is 0 Å². The number of aryl methyl sites for hydroxylation is 1. The van der Waals surface area contributed by atoms with Crippen molar-refractivity contribution in [3.63, 3.8) is 0 Å². The van der Waals surface area contributed by atoms with Gasteiger partial charge in [0, 0.05) is 27.2 Å². The molecule has 3 rings (SSSR count). The smallest absolute Gasteiger partial charge is 0.164 e. The van der Waals surface area contributed by atoms with Crippen molar-refractivity contribution < 1.29 is 4.79 Å². The van der Waals surface area contributed by atoms with Crippen LogP contribution in [0.1, 0.15) is 33.2 Å². The number of rotatable bonds is 6. The summed E-state index contributed by atoms with van der Waals surface area (Å²) in [6.45, 7) is 2.03. The summed E-state index contributed by atoms with van der Waals surface area (Å²) in [5.41, 5.74) is 3.08. The lowest BCUT2D eigenvalue weighted by molar-refractivity contribution is 0.0982. The molecule has 0 spiro atoms. The highest BCUT2D eigenvalue weighted by atomic mass is 35.5. The molecule has 0 fully saturated rings. The first-order valence-electron chi connectivity index (χ1n) is 8.19. The molecule has 0 N–H and O–H groups in total. The van der Waals surface area contributed by atoms with Gasteiger partial charge in [-0.3, -0.25) is 4.79 Å². The van der Waals surface area contributed by atoms with E-state index in [1.165, 1.54) is 0 Å². The lowest BCUT2D eigenvalue weighted by atomic mass is 10.0. The van der Waals surface area contributed by atoms with Crippen molar-refractivity contribution >= 4 is 29.1 Å². The first-order valence-corrected chi connectivity index (χ1v) is 9.44. The van der Waals surface area contributed by atoms with Crippen LogP contribution in [0.5, 0.6) is 0 Å². The molecule has 25 heavy (non-hydrogen) atoms. The molecule has 3 aromatic rings. The van der Waals surface area contributed by atoms with E-state index in [0.29, 0.717) is 6.42 Å². The molecule has 3 aromatic carbocycles. The number of halogens is 1. The van der Waals surface area contributed by atoms with E-state index < -0.39 is 0 Å². The summed E-state index contributed by atoms with van der Waals surface area (Å²) in [5, 5.41) is 0.785. The zero-order valence-electron chi connectivity index (χ0n) is 14.0. The second kappa shape index (κ2) is 8.37. The van der Waals surface area contributed by atoms with Gasteiger partial charge in [-0.1, -0.05) is 71.8 Å². The summed E-state index contributed by atoms with van der Waals surface area (Å²) in [4.78, 5) is 13.9. The van der Waals surface area contributed by atoms with Crippen molar-refractivity contribution in [3.8, 4) is 0 Å². The molecule has 0 aliphatic rings. The maximum absolute atomic E-state index is 12.7. The van der Waals surface area contributed by atoms with E-state index in [1.807, 2.05) is 73.7 Å². The molecule has 0 aliphatic heterocycles. The van der Waals surface area contributed by atoms with Crippen molar-refractivity contribution in [2.45, 2.75) is 23.5 Å². The fraction of sp³-hybridized carbons (Fsp3) is 0.136. The van der Waals surface area contributed by atoms with E-state index in [9.17, 15) is 4.79 Å². The monoisotopic (exact) mass is 366 g/mol. The van der Waals surface area contributed by atoms with Gasteiger partial charge in [0.25, 0.3) is 0 Å². The number of hydrogen-bond acceptors (Lipinski definition) is 2. The van der Waals surface area contributed by atoms with Crippen LogP contribution in [-0.2, 0) is 0 Å². The molecule has 1 atom stereocenters. The number of carbonyl (C=O) groups excluding carboxylic acids is 1. The second-order valence-corrected chi connectivity index (χ2v) is 7.68. The van der Waals surface area contributed by atoms with Crippen LogP contribution in [0.25, 0.3) is 0 Å².